The van der Waals surface area contributed by atoms with Crippen LogP contribution in [0.2, 0.25) is 0 Å². The van der Waals surface area contributed by atoms with Crippen LogP contribution in [0.15, 0.2) is 29.8 Å². The zero-order valence-electron chi connectivity index (χ0n) is 11.0. The number of hydrogen-bond acceptors (Lipinski definition) is 5. The second-order valence-electron chi connectivity index (χ2n) is 4.95. The molecule has 0 bridgehead atoms. The Morgan fingerprint density at radius 3 is 2.89 bits per heavy atom. The van der Waals surface area contributed by atoms with Gasteiger partial charge in [-0.25, -0.2) is 4.98 Å². The summed E-state index contributed by atoms with van der Waals surface area (Å²) in [6, 6.07) is 7.84. The number of nitrogens with one attached hydrogen (secondary N) is 1. The molecule has 0 spiro atoms. The van der Waals surface area contributed by atoms with Crippen molar-refractivity contribution in [3.63, 3.8) is 0 Å². The Morgan fingerprint density at radius 2 is 2.26 bits per heavy atom. The number of nitrogens with zero attached hydrogens (tertiary/aromatic N) is 2. The van der Waals surface area contributed by atoms with Gasteiger partial charge in [0.2, 0.25) is 0 Å². The smallest absolute Gasteiger partial charge is 0.150 e. The molecule has 2 rings (SSSR count). The van der Waals surface area contributed by atoms with Crippen LogP contribution in [-0.2, 0) is 5.41 Å². The SMILES string of the molecule is CC(C)(CNc1nccc(C#N)c1N)c1cccs1. The van der Waals surface area contributed by atoms with E-state index in [1.807, 2.05) is 6.07 Å². The van der Waals surface area contributed by atoms with E-state index in [9.17, 15) is 0 Å². The van der Waals surface area contributed by atoms with Gasteiger partial charge >= 0.3 is 0 Å². The largest absolute Gasteiger partial charge is 0.395 e. The topological polar surface area (TPSA) is 74.7 Å². The van der Waals surface area contributed by atoms with Crippen LogP contribution in [0.1, 0.15) is 24.3 Å². The minimum Gasteiger partial charge on any atom is -0.395 e. The number of aromatic nitrogens is 1. The molecule has 3 N–H and O–H groups in total. The van der Waals surface area contributed by atoms with Crippen molar-refractivity contribution in [3.8, 4) is 6.07 Å². The summed E-state index contributed by atoms with van der Waals surface area (Å²) in [5.41, 5.74) is 6.75. The fourth-order valence-electron chi connectivity index (χ4n) is 1.77. The van der Waals surface area contributed by atoms with Gasteiger partial charge in [-0.15, -0.1) is 11.3 Å². The predicted molar refractivity (Wildman–Crippen MR) is 79.2 cm³/mol. The molecule has 0 saturated carbocycles. The zero-order chi connectivity index (χ0) is 13.9. The first-order valence-corrected chi connectivity index (χ1v) is 6.85. The van der Waals surface area contributed by atoms with Crippen LogP contribution in [0, 0.1) is 11.3 Å². The molecular formula is C14H16N4S. The second kappa shape index (κ2) is 5.29. The zero-order valence-corrected chi connectivity index (χ0v) is 11.8. The molecular weight excluding hydrogens is 256 g/mol. The molecule has 0 aliphatic rings. The fraction of sp³-hybridized carbons (Fsp3) is 0.286. The summed E-state index contributed by atoms with van der Waals surface area (Å²) < 4.78 is 0. The summed E-state index contributed by atoms with van der Waals surface area (Å²) in [7, 11) is 0. The van der Waals surface area contributed by atoms with Crippen molar-refractivity contribution in [2.75, 3.05) is 17.6 Å². The van der Waals surface area contributed by atoms with Gasteiger partial charge in [0.15, 0.2) is 5.82 Å². The Balaban J connectivity index is 2.14. The highest BCUT2D eigenvalue weighted by Crippen LogP contribution is 2.28. The average molecular weight is 272 g/mol. The minimum atomic E-state index is -0.00899. The first-order valence-electron chi connectivity index (χ1n) is 5.97. The molecule has 2 aromatic heterocycles. The highest BCUT2D eigenvalue weighted by atomic mass is 32.1. The van der Waals surface area contributed by atoms with E-state index in [-0.39, 0.29) is 5.41 Å². The van der Waals surface area contributed by atoms with Gasteiger partial charge in [0.1, 0.15) is 6.07 Å². The molecule has 19 heavy (non-hydrogen) atoms. The van der Waals surface area contributed by atoms with Crippen molar-refractivity contribution < 1.29 is 0 Å². The summed E-state index contributed by atoms with van der Waals surface area (Å²) in [4.78, 5) is 5.49. The predicted octanol–water partition coefficient (Wildman–Crippen LogP) is 2.99. The summed E-state index contributed by atoms with van der Waals surface area (Å²) in [6.07, 6.45) is 1.59. The number of anilines is 2. The Kier molecular flexibility index (Phi) is 3.72. The maximum absolute atomic E-state index is 8.94. The van der Waals surface area contributed by atoms with E-state index < -0.39 is 0 Å². The monoisotopic (exact) mass is 272 g/mol. The third kappa shape index (κ3) is 2.85. The highest BCUT2D eigenvalue weighted by Gasteiger charge is 2.22. The van der Waals surface area contributed by atoms with Gasteiger partial charge in [-0.2, -0.15) is 5.26 Å². The van der Waals surface area contributed by atoms with E-state index in [4.69, 9.17) is 11.0 Å². The quantitative estimate of drug-likeness (QED) is 0.897. The molecule has 0 aliphatic heterocycles. The molecule has 2 aromatic rings. The summed E-state index contributed by atoms with van der Waals surface area (Å²) in [5.74, 6) is 0.573. The lowest BCUT2D eigenvalue weighted by molar-refractivity contribution is 0.568. The second-order valence-corrected chi connectivity index (χ2v) is 5.90. The number of hydrogen-bond donors (Lipinski definition) is 2. The van der Waals surface area contributed by atoms with E-state index in [1.165, 1.54) is 4.88 Å². The normalized spacial score (nSPS) is 11.0. The van der Waals surface area contributed by atoms with Crippen molar-refractivity contribution in [2.24, 2.45) is 0 Å². The van der Waals surface area contributed by atoms with Gasteiger partial charge < -0.3 is 11.1 Å². The van der Waals surface area contributed by atoms with Crippen molar-refractivity contribution in [2.45, 2.75) is 19.3 Å². The highest BCUT2D eigenvalue weighted by molar-refractivity contribution is 7.10. The number of thiophene rings is 1. The third-order valence-corrected chi connectivity index (χ3v) is 4.23. The van der Waals surface area contributed by atoms with Crippen molar-refractivity contribution >= 4 is 22.8 Å². The van der Waals surface area contributed by atoms with Crippen molar-refractivity contribution in [1.29, 1.82) is 5.26 Å². The standard InChI is InChI=1S/C14H16N4S/c1-14(2,11-4-3-7-19-11)9-18-13-12(16)10(8-15)5-6-17-13/h3-7H,9,16H2,1-2H3,(H,17,18). The molecule has 0 saturated heterocycles. The van der Waals surface area contributed by atoms with Crippen LogP contribution in [-0.4, -0.2) is 11.5 Å². The Labute approximate surface area is 116 Å². The molecule has 0 atom stereocenters. The van der Waals surface area contributed by atoms with E-state index in [0.717, 1.165) is 0 Å². The summed E-state index contributed by atoms with van der Waals surface area (Å²) in [5, 5.41) is 14.2. The Bertz CT molecular complexity index is 596. The van der Waals surface area contributed by atoms with Crippen LogP contribution in [0.4, 0.5) is 11.5 Å². The number of pyridine rings is 1. The van der Waals surface area contributed by atoms with Crippen LogP contribution < -0.4 is 11.1 Å². The number of nitrogens with two attached hydrogens (primary N) is 1. The third-order valence-electron chi connectivity index (χ3n) is 3.00. The van der Waals surface area contributed by atoms with Gasteiger partial charge in [0, 0.05) is 23.0 Å². The van der Waals surface area contributed by atoms with Crippen molar-refractivity contribution in [3.05, 3.63) is 40.2 Å². The molecule has 0 radical (unpaired) electrons. The molecule has 0 unspecified atom stereocenters. The molecule has 0 aliphatic carbocycles. The fourth-order valence-corrected chi connectivity index (χ4v) is 2.62. The van der Waals surface area contributed by atoms with E-state index in [1.54, 1.807) is 23.6 Å². The van der Waals surface area contributed by atoms with Crippen LogP contribution in [0.5, 0.6) is 0 Å². The summed E-state index contributed by atoms with van der Waals surface area (Å²) in [6.45, 7) is 5.03. The lowest BCUT2D eigenvalue weighted by atomic mass is 9.91. The van der Waals surface area contributed by atoms with Gasteiger partial charge in [0.25, 0.3) is 0 Å². The van der Waals surface area contributed by atoms with Crippen LogP contribution >= 0.6 is 11.3 Å². The van der Waals surface area contributed by atoms with Gasteiger partial charge in [-0.3, -0.25) is 0 Å². The lowest BCUT2D eigenvalue weighted by Gasteiger charge is -2.24. The van der Waals surface area contributed by atoms with E-state index in [2.05, 4.69) is 41.7 Å². The van der Waals surface area contributed by atoms with Gasteiger partial charge in [-0.05, 0) is 17.5 Å². The first kappa shape index (κ1) is 13.4. The maximum Gasteiger partial charge on any atom is 0.150 e. The average Bonchev–Trinajstić information content (AvgIpc) is 2.92. The number of rotatable bonds is 4. The summed E-state index contributed by atoms with van der Waals surface area (Å²) >= 11 is 1.73. The van der Waals surface area contributed by atoms with Crippen molar-refractivity contribution in [1.82, 2.24) is 4.98 Å². The minimum absolute atomic E-state index is 0.00899. The van der Waals surface area contributed by atoms with E-state index >= 15 is 0 Å². The molecule has 4 nitrogen and oxygen atoms in total. The Morgan fingerprint density at radius 1 is 1.47 bits per heavy atom. The molecule has 0 fully saturated rings. The first-order chi connectivity index (χ1) is 9.04. The molecule has 98 valence electrons. The molecule has 5 heteroatoms. The lowest BCUT2D eigenvalue weighted by Crippen LogP contribution is -2.27. The Hall–Kier alpha value is -2.06. The van der Waals surface area contributed by atoms with Crippen LogP contribution in [0.3, 0.4) is 0 Å². The van der Waals surface area contributed by atoms with Gasteiger partial charge in [-0.1, -0.05) is 19.9 Å². The maximum atomic E-state index is 8.94. The molecule has 2 heterocycles. The van der Waals surface area contributed by atoms with Gasteiger partial charge in [0.05, 0.1) is 11.3 Å². The van der Waals surface area contributed by atoms with Crippen LogP contribution in [0.25, 0.3) is 0 Å². The molecule has 0 aromatic carbocycles. The number of nitrogen functional groups attached to an aromatic ring is 1. The van der Waals surface area contributed by atoms with E-state index in [0.29, 0.717) is 23.6 Å². The molecule has 0 amide bonds. The number of nitriles is 1.